The van der Waals surface area contributed by atoms with Gasteiger partial charge in [0, 0.05) is 17.9 Å². The van der Waals surface area contributed by atoms with Crippen molar-refractivity contribution in [3.05, 3.63) is 35.4 Å². The van der Waals surface area contributed by atoms with E-state index in [1.807, 2.05) is 0 Å². The van der Waals surface area contributed by atoms with Crippen molar-refractivity contribution in [2.75, 3.05) is 0 Å². The van der Waals surface area contributed by atoms with Crippen LogP contribution in [-0.4, -0.2) is 17.7 Å². The first-order chi connectivity index (χ1) is 9.12. The number of halogens is 3. The van der Waals surface area contributed by atoms with Crippen LogP contribution in [0, 0.1) is 5.92 Å². The highest BCUT2D eigenvalue weighted by molar-refractivity contribution is 6.02. The Balaban J connectivity index is 2.88. The molecule has 0 amide bonds. The number of hydrogen-bond acceptors (Lipinski definition) is 5. The Labute approximate surface area is 110 Å². The van der Waals surface area contributed by atoms with Gasteiger partial charge in [0.1, 0.15) is 0 Å². The van der Waals surface area contributed by atoms with Gasteiger partial charge in [0.2, 0.25) is 0 Å². The molecule has 0 spiro atoms. The first-order valence-electron chi connectivity index (χ1n) is 5.25. The number of rotatable bonds is 5. The summed E-state index contributed by atoms with van der Waals surface area (Å²) in [6.45, 7) is 0. The van der Waals surface area contributed by atoms with Crippen molar-refractivity contribution in [3.63, 3.8) is 0 Å². The average Bonchev–Trinajstić information content (AvgIpc) is 2.34. The summed E-state index contributed by atoms with van der Waals surface area (Å²) in [5.74, 6) is -7.07. The summed E-state index contributed by atoms with van der Waals surface area (Å²) < 4.78 is 36.9. The van der Waals surface area contributed by atoms with Gasteiger partial charge in [-0.15, -0.1) is 0 Å². The van der Waals surface area contributed by atoms with E-state index in [4.69, 9.17) is 0 Å². The molecule has 0 radical (unpaired) electrons. The number of carboxylic acids is 2. The van der Waals surface area contributed by atoms with Crippen LogP contribution in [-0.2, 0) is 15.8 Å². The van der Waals surface area contributed by atoms with Crippen LogP contribution in [0.25, 0.3) is 0 Å². The molecule has 0 saturated carbocycles. The molecule has 0 saturated heterocycles. The van der Waals surface area contributed by atoms with Gasteiger partial charge in [-0.25, -0.2) is 0 Å². The highest BCUT2D eigenvalue weighted by Crippen LogP contribution is 2.29. The van der Waals surface area contributed by atoms with Crippen LogP contribution in [0.15, 0.2) is 24.3 Å². The van der Waals surface area contributed by atoms with Gasteiger partial charge in [-0.2, -0.15) is 13.2 Å². The smallest absolute Gasteiger partial charge is 0.416 e. The third-order valence-electron chi connectivity index (χ3n) is 2.49. The number of alkyl halides is 3. The summed E-state index contributed by atoms with van der Waals surface area (Å²) in [5.41, 5.74) is -1.21. The topological polar surface area (TPSA) is 97.3 Å². The standard InChI is InChI=1S/C12H9F3O5/c13-12(14,15)7-3-1-6(2-4-7)9(16)5-8(10(17)18)11(19)20/h1-4,8H,5H2,(H,17,18)(H,19,20)/p-2. The molecule has 0 aromatic heterocycles. The maximum Gasteiger partial charge on any atom is 0.416 e. The maximum atomic E-state index is 12.3. The second kappa shape index (κ2) is 5.72. The molecule has 0 bridgehead atoms. The van der Waals surface area contributed by atoms with E-state index in [0.29, 0.717) is 12.1 Å². The largest absolute Gasteiger partial charge is 0.549 e. The lowest BCUT2D eigenvalue weighted by molar-refractivity contribution is -0.331. The minimum absolute atomic E-state index is 0.231. The van der Waals surface area contributed by atoms with Gasteiger partial charge >= 0.3 is 6.18 Å². The lowest BCUT2D eigenvalue weighted by Crippen LogP contribution is -2.44. The Morgan fingerprint density at radius 3 is 1.80 bits per heavy atom. The average molecular weight is 288 g/mol. The molecule has 0 unspecified atom stereocenters. The lowest BCUT2D eigenvalue weighted by atomic mass is 9.98. The second-order valence-electron chi connectivity index (χ2n) is 3.89. The second-order valence-corrected chi connectivity index (χ2v) is 3.89. The molecular formula is C12H7F3O5-2. The fourth-order valence-electron chi connectivity index (χ4n) is 1.41. The number of carbonyl (C=O) groups excluding carboxylic acids is 3. The summed E-state index contributed by atoms with van der Waals surface area (Å²) in [4.78, 5) is 32.5. The zero-order chi connectivity index (χ0) is 15.5. The van der Waals surface area contributed by atoms with Crippen LogP contribution in [0.2, 0.25) is 0 Å². The highest BCUT2D eigenvalue weighted by atomic mass is 19.4. The van der Waals surface area contributed by atoms with Crippen molar-refractivity contribution in [2.45, 2.75) is 12.6 Å². The summed E-state index contributed by atoms with van der Waals surface area (Å²) in [5, 5.41) is 20.9. The fourth-order valence-corrected chi connectivity index (χ4v) is 1.41. The van der Waals surface area contributed by atoms with E-state index < -0.39 is 41.8 Å². The van der Waals surface area contributed by atoms with E-state index in [-0.39, 0.29) is 5.56 Å². The van der Waals surface area contributed by atoms with E-state index in [0.717, 1.165) is 12.1 Å². The number of carbonyl (C=O) groups is 3. The van der Waals surface area contributed by atoms with Crippen molar-refractivity contribution in [1.29, 1.82) is 0 Å². The number of aliphatic carboxylic acids is 2. The molecule has 1 rings (SSSR count). The number of benzene rings is 1. The SMILES string of the molecule is O=C(CC(C(=O)[O-])C(=O)[O-])c1ccc(C(F)(F)F)cc1. The molecule has 0 atom stereocenters. The molecule has 0 N–H and O–H groups in total. The molecule has 0 aliphatic carbocycles. The zero-order valence-electron chi connectivity index (χ0n) is 9.77. The first-order valence-corrected chi connectivity index (χ1v) is 5.25. The number of hydrogen-bond donors (Lipinski definition) is 0. The van der Waals surface area contributed by atoms with E-state index in [9.17, 15) is 37.8 Å². The van der Waals surface area contributed by atoms with Crippen LogP contribution in [0.1, 0.15) is 22.3 Å². The molecule has 0 aliphatic heterocycles. The molecule has 1 aromatic carbocycles. The van der Waals surface area contributed by atoms with Gasteiger partial charge in [0.05, 0.1) is 17.5 Å². The Bertz CT molecular complexity index is 519. The van der Waals surface area contributed by atoms with Crippen molar-refractivity contribution in [3.8, 4) is 0 Å². The van der Waals surface area contributed by atoms with Gasteiger partial charge in [-0.05, 0) is 12.1 Å². The monoisotopic (exact) mass is 288 g/mol. The minimum Gasteiger partial charge on any atom is -0.549 e. The molecule has 1 aromatic rings. The van der Waals surface area contributed by atoms with Crippen LogP contribution in [0.5, 0.6) is 0 Å². The molecule has 108 valence electrons. The first kappa shape index (κ1) is 15.7. The van der Waals surface area contributed by atoms with Crippen LogP contribution in [0.4, 0.5) is 13.2 Å². The normalized spacial score (nSPS) is 11.4. The quantitative estimate of drug-likeness (QED) is 0.532. The molecular weight excluding hydrogens is 281 g/mol. The number of ketones is 1. The van der Waals surface area contributed by atoms with Gasteiger partial charge in [0.15, 0.2) is 5.78 Å². The van der Waals surface area contributed by atoms with Crippen LogP contribution >= 0.6 is 0 Å². The van der Waals surface area contributed by atoms with Gasteiger partial charge in [-0.3, -0.25) is 4.79 Å². The molecule has 5 nitrogen and oxygen atoms in total. The van der Waals surface area contributed by atoms with Gasteiger partial charge in [-0.1, -0.05) is 12.1 Å². The Morgan fingerprint density at radius 1 is 1.00 bits per heavy atom. The van der Waals surface area contributed by atoms with E-state index in [1.165, 1.54) is 0 Å². The zero-order valence-corrected chi connectivity index (χ0v) is 9.77. The van der Waals surface area contributed by atoms with Gasteiger partial charge in [0.25, 0.3) is 0 Å². The molecule has 8 heteroatoms. The number of carboxylic acid groups (broad SMARTS) is 2. The summed E-state index contributed by atoms with van der Waals surface area (Å²) in [7, 11) is 0. The third-order valence-corrected chi connectivity index (χ3v) is 2.49. The molecule has 0 aliphatic rings. The predicted molar refractivity (Wildman–Crippen MR) is 53.9 cm³/mol. The van der Waals surface area contributed by atoms with E-state index >= 15 is 0 Å². The van der Waals surface area contributed by atoms with Crippen molar-refractivity contribution in [1.82, 2.24) is 0 Å². The summed E-state index contributed by atoms with van der Waals surface area (Å²) >= 11 is 0. The minimum atomic E-state index is -4.57. The van der Waals surface area contributed by atoms with Crippen LogP contribution < -0.4 is 10.2 Å². The van der Waals surface area contributed by atoms with Gasteiger partial charge < -0.3 is 19.8 Å². The Morgan fingerprint density at radius 2 is 1.45 bits per heavy atom. The van der Waals surface area contributed by atoms with E-state index in [2.05, 4.69) is 0 Å². The maximum absolute atomic E-state index is 12.3. The molecule has 0 fully saturated rings. The highest BCUT2D eigenvalue weighted by Gasteiger charge is 2.30. The van der Waals surface area contributed by atoms with Crippen LogP contribution in [0.3, 0.4) is 0 Å². The Hall–Kier alpha value is -2.38. The fraction of sp³-hybridized carbons (Fsp3) is 0.250. The summed E-state index contributed by atoms with van der Waals surface area (Å²) in [6, 6.07) is 2.96. The molecule has 20 heavy (non-hydrogen) atoms. The van der Waals surface area contributed by atoms with Crippen molar-refractivity contribution in [2.24, 2.45) is 5.92 Å². The predicted octanol–water partition coefficient (Wildman–Crippen LogP) is -0.606. The lowest BCUT2D eigenvalue weighted by Gasteiger charge is -2.18. The summed E-state index contributed by atoms with van der Waals surface area (Å²) in [6.07, 6.45) is -5.52. The van der Waals surface area contributed by atoms with Crippen molar-refractivity contribution >= 4 is 17.7 Å². The number of Topliss-reactive ketones (excluding diaryl/α,β-unsaturated/α-hetero) is 1. The molecule has 0 heterocycles. The Kier molecular flexibility index (Phi) is 4.49. The third kappa shape index (κ3) is 3.81. The van der Waals surface area contributed by atoms with Crippen molar-refractivity contribution < 1.29 is 37.8 Å². The van der Waals surface area contributed by atoms with E-state index in [1.54, 1.807) is 0 Å².